The number of carboxylic acid groups (broad SMARTS) is 1. The molecule has 0 aliphatic heterocycles. The molecule has 0 radical (unpaired) electrons. The lowest BCUT2D eigenvalue weighted by molar-refractivity contribution is -0.384. The lowest BCUT2D eigenvalue weighted by Gasteiger charge is -2.06. The average Bonchev–Trinajstić information content (AvgIpc) is 2.34. The Morgan fingerprint density at radius 3 is 2.89 bits per heavy atom. The second-order valence-electron chi connectivity index (χ2n) is 3.12. The van der Waals surface area contributed by atoms with Crippen LogP contribution in [0.15, 0.2) is 30.4 Å². The predicted octanol–water partition coefficient (Wildman–Crippen LogP) is 1.86. The van der Waals surface area contributed by atoms with Crippen LogP contribution in [0.2, 0.25) is 0 Å². The largest absolute Gasteiger partial charge is 0.488 e. The van der Waals surface area contributed by atoms with Crippen molar-refractivity contribution in [3.8, 4) is 18.1 Å². The van der Waals surface area contributed by atoms with E-state index in [-0.39, 0.29) is 23.6 Å². The number of benzene rings is 1. The normalized spacial score (nSPS) is 9.94. The fraction of sp³-hybridized carbons (Fsp3) is 0.0833. The topological polar surface area (TPSA) is 89.7 Å². The van der Waals surface area contributed by atoms with E-state index < -0.39 is 10.9 Å². The smallest absolute Gasteiger partial charge is 0.339 e. The van der Waals surface area contributed by atoms with Crippen LogP contribution in [0, 0.1) is 22.5 Å². The van der Waals surface area contributed by atoms with Crippen molar-refractivity contribution in [2.24, 2.45) is 0 Å². The first-order valence-electron chi connectivity index (χ1n) is 4.82. The molecule has 0 bridgehead atoms. The lowest BCUT2D eigenvalue weighted by atomic mass is 10.2. The standard InChI is InChI=1S/C12H9NO5/c1-2-3-4-7-18-11-8-9(13(16)17)5-6-10(11)12(14)15/h1,3-6,8H,7H2,(H,14,15)/b4-3-. The van der Waals surface area contributed by atoms with Crippen LogP contribution in [0.4, 0.5) is 5.69 Å². The summed E-state index contributed by atoms with van der Waals surface area (Å²) in [4.78, 5) is 20.8. The molecule has 0 aliphatic rings. The van der Waals surface area contributed by atoms with Crippen LogP contribution in [-0.2, 0) is 0 Å². The highest BCUT2D eigenvalue weighted by atomic mass is 16.6. The summed E-state index contributed by atoms with van der Waals surface area (Å²) in [6.45, 7) is 0.0334. The van der Waals surface area contributed by atoms with Gasteiger partial charge in [0.05, 0.1) is 11.0 Å². The van der Waals surface area contributed by atoms with Gasteiger partial charge in [-0.05, 0) is 18.2 Å². The van der Waals surface area contributed by atoms with E-state index in [0.717, 1.165) is 18.2 Å². The number of carbonyl (C=O) groups is 1. The molecule has 0 unspecified atom stereocenters. The molecule has 6 heteroatoms. The molecule has 18 heavy (non-hydrogen) atoms. The molecule has 0 aromatic heterocycles. The van der Waals surface area contributed by atoms with E-state index in [2.05, 4.69) is 5.92 Å². The van der Waals surface area contributed by atoms with Gasteiger partial charge in [0, 0.05) is 6.07 Å². The van der Waals surface area contributed by atoms with Gasteiger partial charge in [0.15, 0.2) is 0 Å². The van der Waals surface area contributed by atoms with Crippen LogP contribution in [0.5, 0.6) is 5.75 Å². The SMILES string of the molecule is C#C/C=C\COc1cc([N+](=O)[O-])ccc1C(=O)O. The van der Waals surface area contributed by atoms with Gasteiger partial charge in [0.25, 0.3) is 5.69 Å². The number of hydrogen-bond acceptors (Lipinski definition) is 4. The summed E-state index contributed by atoms with van der Waals surface area (Å²) in [6.07, 6.45) is 7.85. The molecule has 6 nitrogen and oxygen atoms in total. The van der Waals surface area contributed by atoms with Crippen LogP contribution in [0.3, 0.4) is 0 Å². The Kier molecular flexibility index (Phi) is 4.46. The van der Waals surface area contributed by atoms with Gasteiger partial charge in [-0.15, -0.1) is 6.42 Å². The number of non-ortho nitro benzene ring substituents is 1. The van der Waals surface area contributed by atoms with E-state index >= 15 is 0 Å². The summed E-state index contributed by atoms with van der Waals surface area (Å²) in [5, 5.41) is 19.5. The monoisotopic (exact) mass is 247 g/mol. The van der Waals surface area contributed by atoms with Crippen LogP contribution in [-0.4, -0.2) is 22.6 Å². The maximum Gasteiger partial charge on any atom is 0.339 e. The van der Waals surface area contributed by atoms with Crippen molar-refractivity contribution in [3.05, 3.63) is 46.0 Å². The van der Waals surface area contributed by atoms with Gasteiger partial charge in [0.1, 0.15) is 17.9 Å². The molecule has 1 N–H and O–H groups in total. The number of nitro benzene ring substituents is 1. The number of ether oxygens (including phenoxy) is 1. The first kappa shape index (κ1) is 13.3. The van der Waals surface area contributed by atoms with Gasteiger partial charge >= 0.3 is 5.97 Å². The maximum atomic E-state index is 10.9. The number of carboxylic acids is 1. The second-order valence-corrected chi connectivity index (χ2v) is 3.12. The molecule has 0 heterocycles. The van der Waals surface area contributed by atoms with Crippen molar-refractivity contribution in [1.29, 1.82) is 0 Å². The Morgan fingerprint density at radius 1 is 1.61 bits per heavy atom. The summed E-state index contributed by atoms with van der Waals surface area (Å²) in [7, 11) is 0. The van der Waals surface area contributed by atoms with Crippen molar-refractivity contribution in [3.63, 3.8) is 0 Å². The molecule has 0 spiro atoms. The zero-order valence-electron chi connectivity index (χ0n) is 9.20. The minimum Gasteiger partial charge on any atom is -0.488 e. The average molecular weight is 247 g/mol. The molecular weight excluding hydrogens is 238 g/mol. The molecule has 0 aliphatic carbocycles. The molecule has 92 valence electrons. The molecule has 0 amide bonds. The van der Waals surface area contributed by atoms with Crippen LogP contribution in [0.1, 0.15) is 10.4 Å². The van der Waals surface area contributed by atoms with E-state index in [1.165, 1.54) is 12.2 Å². The summed E-state index contributed by atoms with van der Waals surface area (Å²) >= 11 is 0. The Hall–Kier alpha value is -2.81. The first-order chi connectivity index (χ1) is 8.56. The molecule has 0 saturated heterocycles. The highest BCUT2D eigenvalue weighted by Crippen LogP contribution is 2.24. The minimum absolute atomic E-state index is 0.0334. The quantitative estimate of drug-likeness (QED) is 0.487. The van der Waals surface area contributed by atoms with E-state index in [1.54, 1.807) is 0 Å². The highest BCUT2D eigenvalue weighted by molar-refractivity contribution is 5.91. The zero-order valence-corrected chi connectivity index (χ0v) is 9.20. The summed E-state index contributed by atoms with van der Waals surface area (Å²) in [5.74, 6) is 0.943. The number of hydrogen-bond donors (Lipinski definition) is 1. The summed E-state index contributed by atoms with van der Waals surface area (Å²) in [6, 6.07) is 3.29. The number of allylic oxidation sites excluding steroid dienone is 1. The predicted molar refractivity (Wildman–Crippen MR) is 63.5 cm³/mol. The highest BCUT2D eigenvalue weighted by Gasteiger charge is 2.16. The van der Waals surface area contributed by atoms with Crippen LogP contribution >= 0.6 is 0 Å². The number of nitrogens with zero attached hydrogens (tertiary/aromatic N) is 1. The molecule has 0 atom stereocenters. The number of terminal acetylenes is 1. The third kappa shape index (κ3) is 3.35. The van der Waals surface area contributed by atoms with Gasteiger partial charge in [-0.25, -0.2) is 4.79 Å². The van der Waals surface area contributed by atoms with Crippen molar-refractivity contribution >= 4 is 11.7 Å². The Labute approximate surface area is 103 Å². The van der Waals surface area contributed by atoms with Gasteiger partial charge in [0.2, 0.25) is 0 Å². The summed E-state index contributed by atoms with van der Waals surface area (Å²) in [5.41, 5.74) is -0.384. The molecule has 1 rings (SSSR count). The van der Waals surface area contributed by atoms with Gasteiger partial charge in [-0.2, -0.15) is 0 Å². The molecule has 1 aromatic rings. The molecular formula is C12H9NO5. The van der Waals surface area contributed by atoms with Crippen LogP contribution in [0.25, 0.3) is 0 Å². The van der Waals surface area contributed by atoms with E-state index in [1.807, 2.05) is 0 Å². The summed E-state index contributed by atoms with van der Waals surface area (Å²) < 4.78 is 5.12. The fourth-order valence-electron chi connectivity index (χ4n) is 1.17. The van der Waals surface area contributed by atoms with E-state index in [9.17, 15) is 14.9 Å². The van der Waals surface area contributed by atoms with E-state index in [0.29, 0.717) is 0 Å². The molecule has 0 saturated carbocycles. The second kappa shape index (κ2) is 6.06. The Bertz CT molecular complexity index is 542. The Morgan fingerprint density at radius 2 is 2.33 bits per heavy atom. The Balaban J connectivity index is 3.01. The number of rotatable bonds is 5. The van der Waals surface area contributed by atoms with Gasteiger partial charge < -0.3 is 9.84 Å². The minimum atomic E-state index is -1.22. The fourth-order valence-corrected chi connectivity index (χ4v) is 1.17. The third-order valence-electron chi connectivity index (χ3n) is 1.96. The number of nitro groups is 1. The molecule has 1 aromatic carbocycles. The third-order valence-corrected chi connectivity index (χ3v) is 1.96. The zero-order chi connectivity index (χ0) is 13.5. The molecule has 0 fully saturated rings. The van der Waals surface area contributed by atoms with Crippen molar-refractivity contribution in [2.45, 2.75) is 0 Å². The first-order valence-corrected chi connectivity index (χ1v) is 4.82. The van der Waals surface area contributed by atoms with E-state index in [4.69, 9.17) is 16.3 Å². The van der Waals surface area contributed by atoms with Crippen molar-refractivity contribution in [1.82, 2.24) is 0 Å². The lowest BCUT2D eigenvalue weighted by Crippen LogP contribution is -2.04. The van der Waals surface area contributed by atoms with Crippen molar-refractivity contribution < 1.29 is 19.6 Å². The number of aromatic carboxylic acids is 1. The van der Waals surface area contributed by atoms with Crippen LogP contribution < -0.4 is 4.74 Å². The van der Waals surface area contributed by atoms with Gasteiger partial charge in [-0.1, -0.05) is 5.92 Å². The van der Waals surface area contributed by atoms with Gasteiger partial charge in [-0.3, -0.25) is 10.1 Å². The maximum absolute atomic E-state index is 10.9. The van der Waals surface area contributed by atoms with Crippen molar-refractivity contribution in [2.75, 3.05) is 6.61 Å².